The Labute approximate surface area is 106 Å². The molecule has 0 bridgehead atoms. The average molecular weight is 277 g/mol. The first-order valence-electron chi connectivity index (χ1n) is 5.26. The van der Waals surface area contributed by atoms with Crippen LogP contribution in [-0.2, 0) is 22.1 Å². The zero-order chi connectivity index (χ0) is 14.6. The van der Waals surface area contributed by atoms with Gasteiger partial charge in [-0.1, -0.05) is 12.1 Å². The predicted octanol–water partition coefficient (Wildman–Crippen LogP) is 2.72. The summed E-state index contributed by atoms with van der Waals surface area (Å²) >= 11 is 0. The van der Waals surface area contributed by atoms with E-state index in [0.717, 1.165) is 18.2 Å². The van der Waals surface area contributed by atoms with Crippen molar-refractivity contribution in [2.75, 3.05) is 6.61 Å². The standard InChI is InChI=1S/C11H10F3NO4/c1-2-19-9(16)6-7-4-3-5-8(15(17)18)10(7)11(12,13)14/h3-5H,2,6H2,1H3. The quantitative estimate of drug-likeness (QED) is 0.482. The van der Waals surface area contributed by atoms with Gasteiger partial charge in [-0.3, -0.25) is 14.9 Å². The third-order valence-electron chi connectivity index (χ3n) is 2.25. The molecule has 19 heavy (non-hydrogen) atoms. The lowest BCUT2D eigenvalue weighted by atomic mass is 10.0. The molecule has 0 N–H and O–H groups in total. The Morgan fingerprint density at radius 1 is 1.42 bits per heavy atom. The number of ether oxygens (including phenoxy) is 1. The smallest absolute Gasteiger partial charge is 0.423 e. The monoisotopic (exact) mass is 277 g/mol. The Morgan fingerprint density at radius 2 is 2.05 bits per heavy atom. The fourth-order valence-electron chi connectivity index (χ4n) is 1.58. The fraction of sp³-hybridized carbons (Fsp3) is 0.364. The molecule has 0 radical (unpaired) electrons. The predicted molar refractivity (Wildman–Crippen MR) is 58.4 cm³/mol. The SMILES string of the molecule is CCOC(=O)Cc1cccc([N+](=O)[O-])c1C(F)(F)F. The Balaban J connectivity index is 3.28. The lowest BCUT2D eigenvalue weighted by Crippen LogP contribution is -2.16. The Hall–Kier alpha value is -2.12. The molecule has 0 saturated carbocycles. The first kappa shape index (κ1) is 14.9. The van der Waals surface area contributed by atoms with E-state index in [4.69, 9.17) is 0 Å². The number of nitrogens with zero attached hydrogens (tertiary/aromatic N) is 1. The van der Waals surface area contributed by atoms with Gasteiger partial charge in [0, 0.05) is 6.07 Å². The van der Waals surface area contributed by atoms with Gasteiger partial charge in [0.25, 0.3) is 5.69 Å². The molecule has 0 aromatic heterocycles. The number of nitro benzene ring substituents is 1. The molecule has 0 heterocycles. The lowest BCUT2D eigenvalue weighted by Gasteiger charge is -2.12. The first-order chi connectivity index (χ1) is 8.77. The van der Waals surface area contributed by atoms with E-state index in [1.165, 1.54) is 6.92 Å². The highest BCUT2D eigenvalue weighted by Crippen LogP contribution is 2.38. The maximum Gasteiger partial charge on any atom is 0.423 e. The summed E-state index contributed by atoms with van der Waals surface area (Å²) in [6.45, 7) is 1.53. The van der Waals surface area contributed by atoms with E-state index in [1.54, 1.807) is 0 Å². The van der Waals surface area contributed by atoms with Gasteiger partial charge in [-0.25, -0.2) is 0 Å². The van der Waals surface area contributed by atoms with E-state index in [0.29, 0.717) is 0 Å². The minimum atomic E-state index is -4.91. The van der Waals surface area contributed by atoms with Crippen molar-refractivity contribution in [1.82, 2.24) is 0 Å². The van der Waals surface area contributed by atoms with Gasteiger partial charge in [0.15, 0.2) is 0 Å². The summed E-state index contributed by atoms with van der Waals surface area (Å²) in [7, 11) is 0. The van der Waals surface area contributed by atoms with Crippen molar-refractivity contribution in [3.63, 3.8) is 0 Å². The molecule has 0 amide bonds. The summed E-state index contributed by atoms with van der Waals surface area (Å²) < 4.78 is 43.1. The van der Waals surface area contributed by atoms with Crippen LogP contribution in [0.3, 0.4) is 0 Å². The summed E-state index contributed by atoms with van der Waals surface area (Å²) in [4.78, 5) is 20.7. The molecular weight excluding hydrogens is 267 g/mol. The number of carbonyl (C=O) groups is 1. The normalized spacial score (nSPS) is 11.2. The molecule has 0 fully saturated rings. The third kappa shape index (κ3) is 3.67. The summed E-state index contributed by atoms with van der Waals surface area (Å²) in [6, 6.07) is 2.87. The van der Waals surface area contributed by atoms with Gasteiger partial charge in [0.2, 0.25) is 0 Å². The highest BCUT2D eigenvalue weighted by Gasteiger charge is 2.41. The van der Waals surface area contributed by atoms with Crippen molar-refractivity contribution >= 4 is 11.7 Å². The van der Waals surface area contributed by atoms with Crippen LogP contribution >= 0.6 is 0 Å². The van der Waals surface area contributed by atoms with Gasteiger partial charge in [-0.15, -0.1) is 0 Å². The van der Waals surface area contributed by atoms with Crippen LogP contribution in [0.4, 0.5) is 18.9 Å². The van der Waals surface area contributed by atoms with E-state index in [2.05, 4.69) is 4.74 Å². The highest BCUT2D eigenvalue weighted by molar-refractivity contribution is 5.74. The van der Waals surface area contributed by atoms with Crippen molar-refractivity contribution in [2.45, 2.75) is 19.5 Å². The molecule has 0 unspecified atom stereocenters. The number of halogens is 3. The van der Waals surface area contributed by atoms with Crippen molar-refractivity contribution in [2.24, 2.45) is 0 Å². The topological polar surface area (TPSA) is 69.4 Å². The molecule has 0 aliphatic carbocycles. The summed E-state index contributed by atoms with van der Waals surface area (Å²) in [5.41, 5.74) is -2.96. The first-order valence-corrected chi connectivity index (χ1v) is 5.26. The van der Waals surface area contributed by atoms with Crippen LogP contribution in [0.2, 0.25) is 0 Å². The van der Waals surface area contributed by atoms with Crippen LogP contribution in [0.15, 0.2) is 18.2 Å². The molecule has 1 aromatic rings. The zero-order valence-corrected chi connectivity index (χ0v) is 9.86. The van der Waals surface area contributed by atoms with Crippen LogP contribution in [-0.4, -0.2) is 17.5 Å². The van der Waals surface area contributed by atoms with E-state index < -0.39 is 40.3 Å². The molecule has 1 aromatic carbocycles. The second-order valence-corrected chi connectivity index (χ2v) is 3.55. The fourth-order valence-corrected chi connectivity index (χ4v) is 1.58. The number of alkyl halides is 3. The maximum absolute atomic E-state index is 12.8. The van der Waals surface area contributed by atoms with Gasteiger partial charge in [0.1, 0.15) is 5.56 Å². The minimum Gasteiger partial charge on any atom is -0.466 e. The van der Waals surface area contributed by atoms with E-state index >= 15 is 0 Å². The van der Waals surface area contributed by atoms with Crippen LogP contribution < -0.4 is 0 Å². The Bertz CT molecular complexity index is 499. The Kier molecular flexibility index (Phi) is 4.47. The molecule has 8 heteroatoms. The largest absolute Gasteiger partial charge is 0.466 e. The van der Waals surface area contributed by atoms with E-state index in [-0.39, 0.29) is 6.61 Å². The number of hydrogen-bond acceptors (Lipinski definition) is 4. The van der Waals surface area contributed by atoms with Crippen molar-refractivity contribution in [1.29, 1.82) is 0 Å². The number of hydrogen-bond donors (Lipinski definition) is 0. The molecule has 104 valence electrons. The minimum absolute atomic E-state index is 0.0229. The van der Waals surface area contributed by atoms with Crippen LogP contribution in [0, 0.1) is 10.1 Å². The van der Waals surface area contributed by atoms with E-state index in [9.17, 15) is 28.1 Å². The number of benzene rings is 1. The van der Waals surface area contributed by atoms with Crippen LogP contribution in [0.1, 0.15) is 18.1 Å². The molecule has 0 aliphatic rings. The maximum atomic E-state index is 12.8. The molecule has 5 nitrogen and oxygen atoms in total. The van der Waals surface area contributed by atoms with Crippen LogP contribution in [0.25, 0.3) is 0 Å². The number of esters is 1. The zero-order valence-electron chi connectivity index (χ0n) is 9.86. The van der Waals surface area contributed by atoms with Gasteiger partial charge in [0.05, 0.1) is 18.0 Å². The van der Waals surface area contributed by atoms with Crippen LogP contribution in [0.5, 0.6) is 0 Å². The average Bonchev–Trinajstić information content (AvgIpc) is 2.27. The molecular formula is C11H10F3NO4. The van der Waals surface area contributed by atoms with Crippen molar-refractivity contribution < 1.29 is 27.6 Å². The van der Waals surface area contributed by atoms with Gasteiger partial charge >= 0.3 is 12.1 Å². The summed E-state index contributed by atoms with van der Waals surface area (Å²) in [5.74, 6) is -0.867. The number of nitro groups is 1. The summed E-state index contributed by atoms with van der Waals surface area (Å²) in [6.07, 6.45) is -5.57. The van der Waals surface area contributed by atoms with Gasteiger partial charge < -0.3 is 4.74 Å². The van der Waals surface area contributed by atoms with Crippen molar-refractivity contribution in [3.05, 3.63) is 39.4 Å². The molecule has 0 saturated heterocycles. The van der Waals surface area contributed by atoms with Gasteiger partial charge in [-0.05, 0) is 12.5 Å². The molecule has 0 atom stereocenters. The lowest BCUT2D eigenvalue weighted by molar-refractivity contribution is -0.388. The molecule has 1 rings (SSSR count). The van der Waals surface area contributed by atoms with E-state index in [1.807, 2.05) is 0 Å². The molecule has 0 spiro atoms. The second kappa shape index (κ2) is 5.68. The van der Waals surface area contributed by atoms with Crippen molar-refractivity contribution in [3.8, 4) is 0 Å². The highest BCUT2D eigenvalue weighted by atomic mass is 19.4. The number of rotatable bonds is 4. The molecule has 0 aliphatic heterocycles. The second-order valence-electron chi connectivity index (χ2n) is 3.55. The number of carbonyl (C=O) groups excluding carboxylic acids is 1. The third-order valence-corrected chi connectivity index (χ3v) is 2.25. The summed E-state index contributed by atoms with van der Waals surface area (Å²) in [5, 5.41) is 10.6. The van der Waals surface area contributed by atoms with Gasteiger partial charge in [-0.2, -0.15) is 13.2 Å². The Morgan fingerprint density at radius 3 is 2.53 bits per heavy atom.